The van der Waals surface area contributed by atoms with Crippen molar-refractivity contribution in [2.24, 2.45) is 5.92 Å². The standard InChI is InChI=1S/C14H18BrN3O2/c1-3-18-7-9(5-12(18)19)14(20)17-11-6-10(15)4-8(2)13(11)16/h4,6,9H,3,5,7,16H2,1-2H3,(H,17,20). The molecular weight excluding hydrogens is 322 g/mol. The lowest BCUT2D eigenvalue weighted by molar-refractivity contribution is -0.128. The van der Waals surface area contributed by atoms with Crippen molar-refractivity contribution in [1.82, 2.24) is 4.90 Å². The van der Waals surface area contributed by atoms with E-state index in [0.29, 0.717) is 24.5 Å². The third kappa shape index (κ3) is 2.95. The van der Waals surface area contributed by atoms with E-state index in [1.54, 1.807) is 11.0 Å². The molecule has 0 aliphatic carbocycles. The van der Waals surface area contributed by atoms with Gasteiger partial charge in [-0.25, -0.2) is 0 Å². The molecule has 2 rings (SSSR count). The number of hydrogen-bond acceptors (Lipinski definition) is 3. The summed E-state index contributed by atoms with van der Waals surface area (Å²) in [5, 5.41) is 2.83. The van der Waals surface area contributed by atoms with Crippen LogP contribution in [0.15, 0.2) is 16.6 Å². The van der Waals surface area contributed by atoms with Crippen LogP contribution < -0.4 is 11.1 Å². The summed E-state index contributed by atoms with van der Waals surface area (Å²) in [6, 6.07) is 3.66. The van der Waals surface area contributed by atoms with Crippen LogP contribution in [0.5, 0.6) is 0 Å². The quantitative estimate of drug-likeness (QED) is 0.828. The fourth-order valence-corrected chi connectivity index (χ4v) is 2.92. The van der Waals surface area contributed by atoms with Gasteiger partial charge in [0.05, 0.1) is 17.3 Å². The number of benzene rings is 1. The molecule has 1 aliphatic heterocycles. The third-order valence-electron chi connectivity index (χ3n) is 3.58. The number of nitrogens with one attached hydrogen (secondary N) is 1. The smallest absolute Gasteiger partial charge is 0.229 e. The Labute approximate surface area is 126 Å². The molecule has 1 atom stereocenters. The second-order valence-electron chi connectivity index (χ2n) is 5.01. The molecule has 3 N–H and O–H groups in total. The van der Waals surface area contributed by atoms with Gasteiger partial charge >= 0.3 is 0 Å². The number of aryl methyl sites for hydroxylation is 1. The first-order valence-corrected chi connectivity index (χ1v) is 7.36. The van der Waals surface area contributed by atoms with Gasteiger partial charge in [-0.2, -0.15) is 0 Å². The minimum Gasteiger partial charge on any atom is -0.397 e. The van der Waals surface area contributed by atoms with E-state index in [2.05, 4.69) is 21.2 Å². The molecule has 2 amide bonds. The molecule has 0 bridgehead atoms. The molecule has 0 aromatic heterocycles. The van der Waals surface area contributed by atoms with E-state index in [1.807, 2.05) is 19.9 Å². The third-order valence-corrected chi connectivity index (χ3v) is 4.03. The van der Waals surface area contributed by atoms with Gasteiger partial charge in [0.2, 0.25) is 11.8 Å². The van der Waals surface area contributed by atoms with Gasteiger partial charge in [-0.1, -0.05) is 15.9 Å². The van der Waals surface area contributed by atoms with Crippen LogP contribution in [0.25, 0.3) is 0 Å². The van der Waals surface area contributed by atoms with Crippen molar-refractivity contribution < 1.29 is 9.59 Å². The van der Waals surface area contributed by atoms with Crippen molar-refractivity contribution in [2.45, 2.75) is 20.3 Å². The number of hydrogen-bond donors (Lipinski definition) is 2. The normalized spacial score (nSPS) is 18.4. The number of nitrogens with zero attached hydrogens (tertiary/aromatic N) is 1. The maximum absolute atomic E-state index is 12.2. The Hall–Kier alpha value is -1.56. The zero-order valence-electron chi connectivity index (χ0n) is 11.6. The van der Waals surface area contributed by atoms with Gasteiger partial charge in [-0.3, -0.25) is 9.59 Å². The van der Waals surface area contributed by atoms with Crippen LogP contribution in [0.1, 0.15) is 18.9 Å². The number of nitrogens with two attached hydrogens (primary N) is 1. The molecule has 0 saturated carbocycles. The van der Waals surface area contributed by atoms with Gasteiger partial charge < -0.3 is 16.0 Å². The molecule has 0 spiro atoms. The zero-order chi connectivity index (χ0) is 14.9. The van der Waals surface area contributed by atoms with Gasteiger partial charge in [0.15, 0.2) is 0 Å². The maximum Gasteiger partial charge on any atom is 0.229 e. The highest BCUT2D eigenvalue weighted by molar-refractivity contribution is 9.10. The van der Waals surface area contributed by atoms with E-state index >= 15 is 0 Å². The van der Waals surface area contributed by atoms with Gasteiger partial charge in [0.1, 0.15) is 0 Å². The summed E-state index contributed by atoms with van der Waals surface area (Å²) in [5.41, 5.74) is 8.00. The predicted octanol–water partition coefficient (Wildman–Crippen LogP) is 2.15. The van der Waals surface area contributed by atoms with Crippen molar-refractivity contribution in [1.29, 1.82) is 0 Å². The fraction of sp³-hybridized carbons (Fsp3) is 0.429. The first-order chi connectivity index (χ1) is 9.42. The minimum absolute atomic E-state index is 0.0334. The van der Waals surface area contributed by atoms with Crippen LogP contribution in [-0.4, -0.2) is 29.8 Å². The van der Waals surface area contributed by atoms with Crippen LogP contribution in [0, 0.1) is 12.8 Å². The minimum atomic E-state index is -0.305. The fourth-order valence-electron chi connectivity index (χ4n) is 2.35. The summed E-state index contributed by atoms with van der Waals surface area (Å²) in [6.07, 6.45) is 0.270. The lowest BCUT2D eigenvalue weighted by Crippen LogP contribution is -2.28. The second kappa shape index (κ2) is 5.83. The van der Waals surface area contributed by atoms with Gasteiger partial charge in [-0.15, -0.1) is 0 Å². The molecule has 108 valence electrons. The Morgan fingerprint density at radius 3 is 2.85 bits per heavy atom. The molecule has 20 heavy (non-hydrogen) atoms. The molecule has 1 aromatic carbocycles. The highest BCUT2D eigenvalue weighted by Gasteiger charge is 2.33. The summed E-state index contributed by atoms with van der Waals surface area (Å²) in [6.45, 7) is 4.91. The second-order valence-corrected chi connectivity index (χ2v) is 5.92. The van der Waals surface area contributed by atoms with Gasteiger partial charge in [0, 0.05) is 24.0 Å². The Kier molecular flexibility index (Phi) is 4.32. The number of amides is 2. The Balaban J connectivity index is 2.11. The summed E-state index contributed by atoms with van der Waals surface area (Å²) >= 11 is 3.38. The van der Waals surface area contributed by atoms with Crippen LogP contribution >= 0.6 is 15.9 Å². The summed E-state index contributed by atoms with van der Waals surface area (Å²) in [7, 11) is 0. The SMILES string of the molecule is CCN1CC(C(=O)Nc2cc(Br)cc(C)c2N)CC1=O. The van der Waals surface area contributed by atoms with Crippen molar-refractivity contribution in [3.05, 3.63) is 22.2 Å². The zero-order valence-corrected chi connectivity index (χ0v) is 13.2. The van der Waals surface area contributed by atoms with Gasteiger partial charge in [0.25, 0.3) is 0 Å². The van der Waals surface area contributed by atoms with Crippen molar-refractivity contribution >= 4 is 39.1 Å². The first kappa shape index (κ1) is 14.8. The number of carbonyl (C=O) groups excluding carboxylic acids is 2. The van der Waals surface area contributed by atoms with E-state index in [4.69, 9.17) is 5.73 Å². The van der Waals surface area contributed by atoms with Crippen LogP contribution in [0.3, 0.4) is 0 Å². The first-order valence-electron chi connectivity index (χ1n) is 6.56. The summed E-state index contributed by atoms with van der Waals surface area (Å²) in [5.74, 6) is -0.425. The van der Waals surface area contributed by atoms with E-state index < -0.39 is 0 Å². The molecule has 1 unspecified atom stereocenters. The van der Waals surface area contributed by atoms with E-state index in [0.717, 1.165) is 10.0 Å². The number of likely N-dealkylation sites (tertiary alicyclic amines) is 1. The number of anilines is 2. The highest BCUT2D eigenvalue weighted by atomic mass is 79.9. The summed E-state index contributed by atoms with van der Waals surface area (Å²) in [4.78, 5) is 25.6. The lowest BCUT2D eigenvalue weighted by atomic mass is 10.1. The molecule has 6 heteroatoms. The largest absolute Gasteiger partial charge is 0.397 e. The molecule has 1 aliphatic rings. The maximum atomic E-state index is 12.2. The van der Waals surface area contributed by atoms with E-state index in [-0.39, 0.29) is 24.2 Å². The monoisotopic (exact) mass is 339 g/mol. The summed E-state index contributed by atoms with van der Waals surface area (Å²) < 4.78 is 0.859. The lowest BCUT2D eigenvalue weighted by Gasteiger charge is -2.15. The predicted molar refractivity (Wildman–Crippen MR) is 82.3 cm³/mol. The number of nitrogen functional groups attached to an aromatic ring is 1. The molecular formula is C14H18BrN3O2. The average molecular weight is 340 g/mol. The number of halogens is 1. The van der Waals surface area contributed by atoms with Crippen molar-refractivity contribution in [3.8, 4) is 0 Å². The number of rotatable bonds is 3. The Bertz CT molecular complexity index is 560. The topological polar surface area (TPSA) is 75.4 Å². The van der Waals surface area contributed by atoms with Crippen LogP contribution in [-0.2, 0) is 9.59 Å². The van der Waals surface area contributed by atoms with Crippen molar-refractivity contribution in [3.63, 3.8) is 0 Å². The molecule has 1 saturated heterocycles. The molecule has 1 heterocycles. The molecule has 1 fully saturated rings. The Morgan fingerprint density at radius 1 is 1.55 bits per heavy atom. The average Bonchev–Trinajstić information content (AvgIpc) is 2.76. The van der Waals surface area contributed by atoms with Crippen LogP contribution in [0.4, 0.5) is 11.4 Å². The molecule has 1 aromatic rings. The number of carbonyl (C=O) groups is 2. The van der Waals surface area contributed by atoms with Crippen LogP contribution in [0.2, 0.25) is 0 Å². The van der Waals surface area contributed by atoms with E-state index in [9.17, 15) is 9.59 Å². The van der Waals surface area contributed by atoms with E-state index in [1.165, 1.54) is 0 Å². The Morgan fingerprint density at radius 2 is 2.25 bits per heavy atom. The highest BCUT2D eigenvalue weighted by Crippen LogP contribution is 2.28. The van der Waals surface area contributed by atoms with Gasteiger partial charge in [-0.05, 0) is 31.5 Å². The molecule has 0 radical (unpaired) electrons. The molecule has 5 nitrogen and oxygen atoms in total. The van der Waals surface area contributed by atoms with Crippen molar-refractivity contribution in [2.75, 3.05) is 24.1 Å².